The normalized spacial score (nSPS) is 20.6. The molecular formula is C19H17N5O3. The van der Waals surface area contributed by atoms with Crippen LogP contribution in [-0.4, -0.2) is 50.0 Å². The number of carbonyl (C=O) groups excluding carboxylic acids is 3. The van der Waals surface area contributed by atoms with Crippen molar-refractivity contribution >= 4 is 17.5 Å². The molecule has 1 fully saturated rings. The van der Waals surface area contributed by atoms with E-state index >= 15 is 0 Å². The number of hydrogen-bond acceptors (Lipinski definition) is 6. The highest BCUT2D eigenvalue weighted by atomic mass is 16.2. The number of allylic oxidation sites excluding steroid dienone is 2. The Labute approximate surface area is 154 Å². The number of rotatable bonds is 3. The Balaban J connectivity index is 1.48. The van der Waals surface area contributed by atoms with Gasteiger partial charge in [0.15, 0.2) is 0 Å². The molecule has 136 valence electrons. The van der Waals surface area contributed by atoms with Gasteiger partial charge in [0.1, 0.15) is 17.2 Å². The van der Waals surface area contributed by atoms with Gasteiger partial charge in [-0.2, -0.15) is 0 Å². The average Bonchev–Trinajstić information content (AvgIpc) is 3.32. The van der Waals surface area contributed by atoms with E-state index in [1.165, 1.54) is 0 Å². The number of amides is 1. The second-order valence-corrected chi connectivity index (χ2v) is 6.99. The molecular weight excluding hydrogens is 346 g/mol. The van der Waals surface area contributed by atoms with Crippen molar-refractivity contribution in [1.29, 1.82) is 0 Å². The Hall–Kier alpha value is -3.29. The van der Waals surface area contributed by atoms with Crippen molar-refractivity contribution in [2.45, 2.75) is 25.9 Å². The molecule has 3 aliphatic rings. The number of Topliss-reactive ketones (excluding diaryl/α,β-unsaturated/α-hetero) is 2. The van der Waals surface area contributed by atoms with E-state index in [1.54, 1.807) is 36.0 Å². The van der Waals surface area contributed by atoms with Gasteiger partial charge in [-0.15, -0.1) is 0 Å². The highest BCUT2D eigenvalue weighted by Gasteiger charge is 2.43. The predicted octanol–water partition coefficient (Wildman–Crippen LogP) is 1.12. The molecule has 0 unspecified atom stereocenters. The molecule has 1 N–H and O–H groups in total. The van der Waals surface area contributed by atoms with Crippen LogP contribution >= 0.6 is 0 Å². The summed E-state index contributed by atoms with van der Waals surface area (Å²) >= 11 is 0. The van der Waals surface area contributed by atoms with Crippen molar-refractivity contribution in [1.82, 2.24) is 24.8 Å². The number of ketones is 2. The van der Waals surface area contributed by atoms with Crippen molar-refractivity contribution < 1.29 is 14.4 Å². The lowest BCUT2D eigenvalue weighted by atomic mass is 9.95. The first-order valence-corrected chi connectivity index (χ1v) is 8.93. The third-order valence-electron chi connectivity index (χ3n) is 5.30. The first kappa shape index (κ1) is 15.9. The van der Waals surface area contributed by atoms with Crippen LogP contribution < -0.4 is 5.32 Å². The van der Waals surface area contributed by atoms with E-state index in [4.69, 9.17) is 0 Å². The summed E-state index contributed by atoms with van der Waals surface area (Å²) in [4.78, 5) is 48.5. The van der Waals surface area contributed by atoms with Crippen molar-refractivity contribution in [3.8, 4) is 0 Å². The fraction of sp³-hybridized carbons (Fsp3) is 0.316. The smallest absolute Gasteiger partial charge is 0.251 e. The lowest BCUT2D eigenvalue weighted by Crippen LogP contribution is -2.28. The van der Waals surface area contributed by atoms with E-state index in [0.29, 0.717) is 41.3 Å². The summed E-state index contributed by atoms with van der Waals surface area (Å²) in [5.74, 6) is 0.00425. The van der Waals surface area contributed by atoms with Crippen LogP contribution in [-0.2, 0) is 6.54 Å². The Kier molecular flexibility index (Phi) is 3.30. The molecule has 2 aromatic rings. The van der Waals surface area contributed by atoms with Gasteiger partial charge in [0.25, 0.3) is 5.91 Å². The maximum atomic E-state index is 12.9. The number of nitrogens with one attached hydrogen (secondary N) is 1. The Morgan fingerprint density at radius 2 is 1.89 bits per heavy atom. The fourth-order valence-corrected chi connectivity index (χ4v) is 3.84. The van der Waals surface area contributed by atoms with Crippen LogP contribution in [0.2, 0.25) is 0 Å². The number of hydrogen-bond donors (Lipinski definition) is 1. The fourth-order valence-electron chi connectivity index (χ4n) is 3.84. The molecule has 1 amide bonds. The molecule has 0 radical (unpaired) electrons. The van der Waals surface area contributed by atoms with E-state index in [-0.39, 0.29) is 29.2 Å². The monoisotopic (exact) mass is 363 g/mol. The predicted molar refractivity (Wildman–Crippen MR) is 94.2 cm³/mol. The highest BCUT2D eigenvalue weighted by Crippen LogP contribution is 2.36. The molecule has 0 aromatic carbocycles. The third kappa shape index (κ3) is 2.33. The number of carbonyl (C=O) groups is 3. The van der Waals surface area contributed by atoms with Crippen molar-refractivity contribution in [2.75, 3.05) is 13.1 Å². The Morgan fingerprint density at radius 3 is 2.59 bits per heavy atom. The first-order chi connectivity index (χ1) is 13.1. The van der Waals surface area contributed by atoms with E-state index in [1.807, 2.05) is 4.90 Å². The largest absolute Gasteiger partial charge is 0.364 e. The van der Waals surface area contributed by atoms with E-state index < -0.39 is 0 Å². The number of aromatic nitrogens is 3. The minimum Gasteiger partial charge on any atom is -0.364 e. The molecule has 1 atom stereocenters. The lowest BCUT2D eigenvalue weighted by Gasteiger charge is -2.17. The summed E-state index contributed by atoms with van der Waals surface area (Å²) in [6.45, 7) is 3.83. The molecule has 5 rings (SSSR count). The maximum absolute atomic E-state index is 12.9. The molecule has 1 saturated heterocycles. The minimum atomic E-state index is -0.332. The zero-order valence-corrected chi connectivity index (χ0v) is 14.7. The van der Waals surface area contributed by atoms with Gasteiger partial charge in [0.2, 0.25) is 11.6 Å². The summed E-state index contributed by atoms with van der Waals surface area (Å²) in [7, 11) is 0. The highest BCUT2D eigenvalue weighted by molar-refractivity contribution is 6.25. The van der Waals surface area contributed by atoms with Gasteiger partial charge in [0, 0.05) is 43.2 Å². The molecule has 8 nitrogen and oxygen atoms in total. The quantitative estimate of drug-likeness (QED) is 0.821. The molecule has 8 heteroatoms. The summed E-state index contributed by atoms with van der Waals surface area (Å²) < 4.78 is 1.79. The summed E-state index contributed by atoms with van der Waals surface area (Å²) in [5.41, 5.74) is 2.04. The van der Waals surface area contributed by atoms with Gasteiger partial charge in [-0.1, -0.05) is 0 Å². The van der Waals surface area contributed by atoms with E-state index in [9.17, 15) is 14.4 Å². The topological polar surface area (TPSA) is 97.0 Å². The summed E-state index contributed by atoms with van der Waals surface area (Å²) in [6.07, 6.45) is 3.75. The third-order valence-corrected chi connectivity index (χ3v) is 5.30. The zero-order chi connectivity index (χ0) is 18.7. The molecule has 0 spiro atoms. The molecule has 1 aliphatic carbocycles. The van der Waals surface area contributed by atoms with Crippen LogP contribution in [0, 0.1) is 0 Å². The summed E-state index contributed by atoms with van der Waals surface area (Å²) in [6, 6.07) is 2.94. The Morgan fingerprint density at radius 1 is 1.15 bits per heavy atom. The van der Waals surface area contributed by atoms with Crippen LogP contribution in [0.5, 0.6) is 0 Å². The lowest BCUT2D eigenvalue weighted by molar-refractivity contribution is 0.0935. The second kappa shape index (κ2) is 5.60. The molecule has 0 saturated carbocycles. The van der Waals surface area contributed by atoms with Gasteiger partial charge in [0.05, 0.1) is 11.7 Å². The second-order valence-electron chi connectivity index (χ2n) is 6.99. The maximum Gasteiger partial charge on any atom is 0.251 e. The molecule has 2 aromatic heterocycles. The van der Waals surface area contributed by atoms with Crippen LogP contribution in [0.25, 0.3) is 0 Å². The number of pyridine rings is 1. The van der Waals surface area contributed by atoms with Crippen LogP contribution in [0.1, 0.15) is 56.5 Å². The summed E-state index contributed by atoms with van der Waals surface area (Å²) in [5, 5.41) is 2.95. The molecule has 4 heterocycles. The molecule has 2 aliphatic heterocycles. The Bertz CT molecular complexity index is 1030. The number of nitrogens with zero attached hydrogens (tertiary/aromatic N) is 4. The van der Waals surface area contributed by atoms with Crippen molar-refractivity contribution in [3.63, 3.8) is 0 Å². The van der Waals surface area contributed by atoms with Gasteiger partial charge >= 0.3 is 0 Å². The van der Waals surface area contributed by atoms with Crippen molar-refractivity contribution in [2.24, 2.45) is 0 Å². The van der Waals surface area contributed by atoms with Crippen LogP contribution in [0.3, 0.4) is 0 Å². The van der Waals surface area contributed by atoms with E-state index in [2.05, 4.69) is 15.3 Å². The van der Waals surface area contributed by atoms with Crippen LogP contribution in [0.4, 0.5) is 0 Å². The first-order valence-electron chi connectivity index (χ1n) is 8.93. The molecule has 27 heavy (non-hydrogen) atoms. The van der Waals surface area contributed by atoms with Crippen molar-refractivity contribution in [3.05, 3.63) is 58.6 Å². The van der Waals surface area contributed by atoms with Gasteiger partial charge < -0.3 is 14.8 Å². The zero-order valence-electron chi connectivity index (χ0n) is 14.7. The number of imidazole rings is 1. The van der Waals surface area contributed by atoms with Gasteiger partial charge in [-0.25, -0.2) is 4.98 Å². The minimum absolute atomic E-state index is 0.147. The van der Waals surface area contributed by atoms with Gasteiger partial charge in [-0.3, -0.25) is 19.4 Å². The SMILES string of the molecule is CC1=C(N2CC2)C(=O)c2nc3n(c2C1=O)CC[C@@H]3NC(=O)c1ccncc1. The van der Waals surface area contributed by atoms with E-state index in [0.717, 1.165) is 13.1 Å². The standard InChI is InChI=1S/C19H17N5O3/c1-10-14(23-8-9-23)17(26)13-15(16(10)25)24-7-4-12(18(24)22-13)21-19(27)11-2-5-20-6-3-11/h2-3,5-6,12H,4,7-9H2,1H3,(H,21,27)/t12-/m0/s1. The molecule has 0 bridgehead atoms. The van der Waals surface area contributed by atoms with Gasteiger partial charge in [-0.05, 0) is 25.5 Å². The number of fused-ring (bicyclic) bond motifs is 3. The van der Waals surface area contributed by atoms with Crippen LogP contribution in [0.15, 0.2) is 35.8 Å². The average molecular weight is 363 g/mol.